The lowest BCUT2D eigenvalue weighted by atomic mass is 9.95. The van der Waals surface area contributed by atoms with Crippen molar-refractivity contribution in [3.05, 3.63) is 58.7 Å². The molecule has 2 rings (SSSR count). The summed E-state index contributed by atoms with van der Waals surface area (Å²) in [5.41, 5.74) is 3.71. The van der Waals surface area contributed by atoms with Crippen molar-refractivity contribution in [3.8, 4) is 17.6 Å². The topological polar surface area (TPSA) is 42.2 Å². The van der Waals surface area contributed by atoms with Crippen LogP contribution in [0.15, 0.2) is 36.4 Å². The number of ether oxygens (including phenoxy) is 2. The first kappa shape index (κ1) is 14.0. The second-order valence-electron chi connectivity index (χ2n) is 4.54. The number of rotatable bonds is 4. The molecule has 0 atom stereocenters. The third-order valence-corrected chi connectivity index (χ3v) is 3.40. The number of methoxy groups -OCH3 is 2. The zero-order valence-corrected chi connectivity index (χ0v) is 11.9. The minimum absolute atomic E-state index is 0.596. The highest BCUT2D eigenvalue weighted by molar-refractivity contribution is 5.54. The van der Waals surface area contributed by atoms with Crippen molar-refractivity contribution in [2.75, 3.05) is 14.2 Å². The Morgan fingerprint density at radius 2 is 1.70 bits per heavy atom. The summed E-state index contributed by atoms with van der Waals surface area (Å²) in [6, 6.07) is 13.9. The van der Waals surface area contributed by atoms with Crippen LogP contribution in [0.5, 0.6) is 11.5 Å². The summed E-state index contributed by atoms with van der Waals surface area (Å²) in [4.78, 5) is 0. The molecule has 20 heavy (non-hydrogen) atoms. The summed E-state index contributed by atoms with van der Waals surface area (Å²) >= 11 is 0. The van der Waals surface area contributed by atoms with Gasteiger partial charge in [-0.2, -0.15) is 5.26 Å². The number of aryl methyl sites for hydroxylation is 1. The fraction of sp³-hybridized carbons (Fsp3) is 0.235. The van der Waals surface area contributed by atoms with Crippen LogP contribution in [0.1, 0.15) is 22.3 Å². The summed E-state index contributed by atoms with van der Waals surface area (Å²) in [6.07, 6.45) is 0.649. The van der Waals surface area contributed by atoms with Gasteiger partial charge in [0.25, 0.3) is 0 Å². The van der Waals surface area contributed by atoms with Crippen molar-refractivity contribution in [1.29, 1.82) is 5.26 Å². The molecule has 0 aliphatic rings. The standard InChI is InChI=1S/C17H17NO2/c1-12-8-9-17(20-3)15(11-18)14(12)10-13-6-4-5-7-16(13)19-2/h4-9H,10H2,1-3H3. The maximum atomic E-state index is 9.40. The molecule has 2 aromatic carbocycles. The molecule has 0 heterocycles. The van der Waals surface area contributed by atoms with Crippen molar-refractivity contribution in [2.45, 2.75) is 13.3 Å². The van der Waals surface area contributed by atoms with Crippen molar-refractivity contribution in [3.63, 3.8) is 0 Å². The number of nitriles is 1. The van der Waals surface area contributed by atoms with E-state index in [1.807, 2.05) is 43.3 Å². The Labute approximate surface area is 119 Å². The predicted molar refractivity (Wildman–Crippen MR) is 78.2 cm³/mol. The van der Waals surface area contributed by atoms with Gasteiger partial charge in [0.2, 0.25) is 0 Å². The number of hydrogen-bond donors (Lipinski definition) is 0. The molecular formula is C17H17NO2. The van der Waals surface area contributed by atoms with Crippen molar-refractivity contribution < 1.29 is 9.47 Å². The molecule has 0 aliphatic heterocycles. The summed E-state index contributed by atoms with van der Waals surface area (Å²) < 4.78 is 10.6. The van der Waals surface area contributed by atoms with Crippen LogP contribution >= 0.6 is 0 Å². The van der Waals surface area contributed by atoms with Gasteiger partial charge in [-0.15, -0.1) is 0 Å². The first-order valence-electron chi connectivity index (χ1n) is 6.39. The Balaban J connectivity index is 2.51. The smallest absolute Gasteiger partial charge is 0.136 e. The van der Waals surface area contributed by atoms with Crippen LogP contribution in [0.25, 0.3) is 0 Å². The van der Waals surface area contributed by atoms with E-state index in [1.54, 1.807) is 14.2 Å². The minimum Gasteiger partial charge on any atom is -0.496 e. The van der Waals surface area contributed by atoms with Gasteiger partial charge in [-0.25, -0.2) is 0 Å². The fourth-order valence-electron chi connectivity index (χ4n) is 2.29. The van der Waals surface area contributed by atoms with E-state index in [4.69, 9.17) is 9.47 Å². The first-order valence-corrected chi connectivity index (χ1v) is 6.39. The van der Waals surface area contributed by atoms with E-state index < -0.39 is 0 Å². The lowest BCUT2D eigenvalue weighted by Crippen LogP contribution is -2.01. The minimum atomic E-state index is 0.596. The lowest BCUT2D eigenvalue weighted by molar-refractivity contribution is 0.409. The van der Waals surface area contributed by atoms with Crippen LogP contribution in [0.2, 0.25) is 0 Å². The summed E-state index contributed by atoms with van der Waals surface area (Å²) in [5, 5.41) is 9.40. The van der Waals surface area contributed by atoms with E-state index >= 15 is 0 Å². The number of para-hydroxylation sites is 1. The van der Waals surface area contributed by atoms with Crippen LogP contribution in [0.4, 0.5) is 0 Å². The van der Waals surface area contributed by atoms with Crippen molar-refractivity contribution >= 4 is 0 Å². The van der Waals surface area contributed by atoms with Gasteiger partial charge < -0.3 is 9.47 Å². The predicted octanol–water partition coefficient (Wildman–Crippen LogP) is 3.47. The monoisotopic (exact) mass is 267 g/mol. The van der Waals surface area contributed by atoms with Crippen LogP contribution in [0.3, 0.4) is 0 Å². The van der Waals surface area contributed by atoms with Crippen LogP contribution in [0, 0.1) is 18.3 Å². The average molecular weight is 267 g/mol. The number of hydrogen-bond acceptors (Lipinski definition) is 3. The highest BCUT2D eigenvalue weighted by Crippen LogP contribution is 2.29. The van der Waals surface area contributed by atoms with E-state index in [0.29, 0.717) is 17.7 Å². The molecule has 0 N–H and O–H groups in total. The molecule has 0 aromatic heterocycles. The van der Waals surface area contributed by atoms with Crippen molar-refractivity contribution in [1.82, 2.24) is 0 Å². The second-order valence-corrected chi connectivity index (χ2v) is 4.54. The summed E-state index contributed by atoms with van der Waals surface area (Å²) in [5.74, 6) is 1.45. The third-order valence-electron chi connectivity index (χ3n) is 3.40. The molecule has 0 saturated heterocycles. The molecular weight excluding hydrogens is 250 g/mol. The maximum Gasteiger partial charge on any atom is 0.136 e. The van der Waals surface area contributed by atoms with Crippen LogP contribution in [-0.4, -0.2) is 14.2 Å². The van der Waals surface area contributed by atoms with Crippen LogP contribution in [-0.2, 0) is 6.42 Å². The fourth-order valence-corrected chi connectivity index (χ4v) is 2.29. The SMILES string of the molecule is COc1ccccc1Cc1c(C)ccc(OC)c1C#N. The Morgan fingerprint density at radius 3 is 2.35 bits per heavy atom. The van der Waals surface area contributed by atoms with E-state index in [1.165, 1.54) is 0 Å². The number of benzene rings is 2. The van der Waals surface area contributed by atoms with Gasteiger partial charge in [0.15, 0.2) is 0 Å². The third kappa shape index (κ3) is 2.60. The molecule has 0 radical (unpaired) electrons. The summed E-state index contributed by atoms with van der Waals surface area (Å²) in [7, 11) is 3.24. The highest BCUT2D eigenvalue weighted by atomic mass is 16.5. The quantitative estimate of drug-likeness (QED) is 0.851. The lowest BCUT2D eigenvalue weighted by Gasteiger charge is -2.13. The van der Waals surface area contributed by atoms with E-state index in [2.05, 4.69) is 6.07 Å². The first-order chi connectivity index (χ1) is 9.71. The van der Waals surface area contributed by atoms with Gasteiger partial charge in [0.05, 0.1) is 19.8 Å². The zero-order valence-electron chi connectivity index (χ0n) is 11.9. The molecule has 0 bridgehead atoms. The van der Waals surface area contributed by atoms with Crippen LogP contribution < -0.4 is 9.47 Å². The molecule has 0 fully saturated rings. The Kier molecular flexibility index (Phi) is 4.27. The molecule has 2 aromatic rings. The van der Waals surface area contributed by atoms with E-state index in [9.17, 15) is 5.26 Å². The zero-order chi connectivity index (χ0) is 14.5. The average Bonchev–Trinajstić information content (AvgIpc) is 2.49. The van der Waals surface area contributed by atoms with E-state index in [-0.39, 0.29) is 0 Å². The summed E-state index contributed by atoms with van der Waals surface area (Å²) in [6.45, 7) is 2.00. The van der Waals surface area contributed by atoms with Gasteiger partial charge in [-0.3, -0.25) is 0 Å². The molecule has 0 aliphatic carbocycles. The Bertz CT molecular complexity index is 657. The molecule has 0 unspecified atom stereocenters. The molecule has 3 heteroatoms. The maximum absolute atomic E-state index is 9.40. The molecule has 0 amide bonds. The molecule has 102 valence electrons. The van der Waals surface area contributed by atoms with E-state index in [0.717, 1.165) is 22.4 Å². The Hall–Kier alpha value is -2.47. The van der Waals surface area contributed by atoms with Gasteiger partial charge in [0, 0.05) is 6.42 Å². The second kappa shape index (κ2) is 6.12. The van der Waals surface area contributed by atoms with Gasteiger partial charge in [0.1, 0.15) is 17.6 Å². The molecule has 0 saturated carbocycles. The normalized spacial score (nSPS) is 9.90. The van der Waals surface area contributed by atoms with Crippen molar-refractivity contribution in [2.24, 2.45) is 0 Å². The van der Waals surface area contributed by atoms with Gasteiger partial charge >= 0.3 is 0 Å². The molecule has 0 spiro atoms. The largest absolute Gasteiger partial charge is 0.496 e. The van der Waals surface area contributed by atoms with Gasteiger partial charge in [-0.05, 0) is 35.7 Å². The van der Waals surface area contributed by atoms with Gasteiger partial charge in [-0.1, -0.05) is 24.3 Å². The number of nitrogens with zero attached hydrogens (tertiary/aromatic N) is 1. The molecule has 3 nitrogen and oxygen atoms in total. The highest BCUT2D eigenvalue weighted by Gasteiger charge is 2.14. The Morgan fingerprint density at radius 1 is 1.00 bits per heavy atom.